The summed E-state index contributed by atoms with van der Waals surface area (Å²) in [6.45, 7) is 3.18. The van der Waals surface area contributed by atoms with Crippen molar-refractivity contribution in [3.8, 4) is 5.75 Å². The summed E-state index contributed by atoms with van der Waals surface area (Å²) in [5.74, 6) is 0.979. The lowest BCUT2D eigenvalue weighted by Crippen LogP contribution is -2.41. The maximum absolute atomic E-state index is 6.00. The third kappa shape index (κ3) is 4.33. The van der Waals surface area contributed by atoms with E-state index >= 15 is 0 Å². The Morgan fingerprint density at radius 2 is 1.82 bits per heavy atom. The van der Waals surface area contributed by atoms with Crippen molar-refractivity contribution in [2.45, 2.75) is 18.9 Å². The van der Waals surface area contributed by atoms with Gasteiger partial charge in [0.1, 0.15) is 18.5 Å². The zero-order valence-electron chi connectivity index (χ0n) is 12.8. The Balaban J connectivity index is 1.57. The standard InChI is InChI=1S/C19H23NO2/c1-2-6-16(7-3-1)10-11-17-8-4-5-9-19(17)22-15-18-14-20-12-13-21-18/h1-9,18,20H,10-15H2/t18-/m0/s1. The molecule has 1 atom stereocenters. The van der Waals surface area contributed by atoms with Gasteiger partial charge in [0.25, 0.3) is 0 Å². The van der Waals surface area contributed by atoms with Crippen molar-refractivity contribution in [3.63, 3.8) is 0 Å². The first kappa shape index (κ1) is 15.1. The van der Waals surface area contributed by atoms with Gasteiger partial charge in [-0.2, -0.15) is 0 Å². The first-order chi connectivity index (χ1) is 10.9. The maximum Gasteiger partial charge on any atom is 0.122 e. The van der Waals surface area contributed by atoms with Crippen LogP contribution in [0, 0.1) is 0 Å². The van der Waals surface area contributed by atoms with Crippen LogP contribution < -0.4 is 10.1 Å². The van der Waals surface area contributed by atoms with Crippen LogP contribution >= 0.6 is 0 Å². The molecule has 0 aromatic heterocycles. The molecule has 22 heavy (non-hydrogen) atoms. The molecule has 0 amide bonds. The third-order valence-corrected chi connectivity index (χ3v) is 3.93. The lowest BCUT2D eigenvalue weighted by Gasteiger charge is -2.24. The predicted molar refractivity (Wildman–Crippen MR) is 88.4 cm³/mol. The Bertz CT molecular complexity index is 565. The van der Waals surface area contributed by atoms with Crippen LogP contribution in [0.15, 0.2) is 54.6 Å². The van der Waals surface area contributed by atoms with Crippen LogP contribution in [0.25, 0.3) is 0 Å². The van der Waals surface area contributed by atoms with E-state index in [0.29, 0.717) is 6.61 Å². The van der Waals surface area contributed by atoms with Crippen molar-refractivity contribution in [3.05, 3.63) is 65.7 Å². The van der Waals surface area contributed by atoms with Gasteiger partial charge in [0, 0.05) is 13.1 Å². The van der Waals surface area contributed by atoms with Crippen LogP contribution in [-0.2, 0) is 17.6 Å². The molecule has 1 aliphatic heterocycles. The molecule has 1 aliphatic rings. The molecule has 116 valence electrons. The fourth-order valence-electron chi connectivity index (χ4n) is 2.68. The normalized spacial score (nSPS) is 18.1. The molecule has 0 radical (unpaired) electrons. The minimum absolute atomic E-state index is 0.149. The van der Waals surface area contributed by atoms with Crippen LogP contribution in [-0.4, -0.2) is 32.4 Å². The molecule has 1 saturated heterocycles. The smallest absolute Gasteiger partial charge is 0.122 e. The van der Waals surface area contributed by atoms with Crippen molar-refractivity contribution in [1.29, 1.82) is 0 Å². The summed E-state index contributed by atoms with van der Waals surface area (Å²) in [6, 6.07) is 18.9. The van der Waals surface area contributed by atoms with Gasteiger partial charge in [-0.25, -0.2) is 0 Å². The van der Waals surface area contributed by atoms with Crippen molar-refractivity contribution in [1.82, 2.24) is 5.32 Å². The summed E-state index contributed by atoms with van der Waals surface area (Å²) >= 11 is 0. The molecule has 2 aromatic rings. The first-order valence-corrected chi connectivity index (χ1v) is 7.99. The molecule has 2 aromatic carbocycles. The molecular weight excluding hydrogens is 274 g/mol. The zero-order valence-corrected chi connectivity index (χ0v) is 12.8. The van der Waals surface area contributed by atoms with Gasteiger partial charge in [-0.15, -0.1) is 0 Å². The van der Waals surface area contributed by atoms with Gasteiger partial charge in [-0.1, -0.05) is 48.5 Å². The molecule has 3 rings (SSSR count). The molecule has 0 aliphatic carbocycles. The molecule has 1 N–H and O–H groups in total. The Kier molecular flexibility index (Phi) is 5.46. The molecule has 0 saturated carbocycles. The number of nitrogens with one attached hydrogen (secondary N) is 1. The van der Waals surface area contributed by atoms with E-state index in [1.165, 1.54) is 11.1 Å². The summed E-state index contributed by atoms with van der Waals surface area (Å²) < 4.78 is 11.7. The van der Waals surface area contributed by atoms with E-state index in [2.05, 4.69) is 53.8 Å². The molecule has 0 spiro atoms. The Morgan fingerprint density at radius 3 is 2.64 bits per heavy atom. The predicted octanol–water partition coefficient (Wildman–Crippen LogP) is 2.84. The number of para-hydroxylation sites is 1. The molecular formula is C19H23NO2. The van der Waals surface area contributed by atoms with Gasteiger partial charge in [0.2, 0.25) is 0 Å². The number of rotatable bonds is 6. The average Bonchev–Trinajstić information content (AvgIpc) is 2.61. The second-order valence-electron chi connectivity index (χ2n) is 5.60. The fourth-order valence-corrected chi connectivity index (χ4v) is 2.68. The second-order valence-corrected chi connectivity index (χ2v) is 5.60. The first-order valence-electron chi connectivity index (χ1n) is 7.99. The van der Waals surface area contributed by atoms with Gasteiger partial charge in [-0.05, 0) is 30.0 Å². The summed E-state index contributed by atoms with van der Waals surface area (Å²) in [4.78, 5) is 0. The highest BCUT2D eigenvalue weighted by molar-refractivity contribution is 5.34. The van der Waals surface area contributed by atoms with Gasteiger partial charge < -0.3 is 14.8 Å². The van der Waals surface area contributed by atoms with E-state index in [0.717, 1.165) is 38.3 Å². The van der Waals surface area contributed by atoms with Crippen LogP contribution in [0.1, 0.15) is 11.1 Å². The largest absolute Gasteiger partial charge is 0.491 e. The van der Waals surface area contributed by atoms with Crippen molar-refractivity contribution in [2.75, 3.05) is 26.3 Å². The van der Waals surface area contributed by atoms with Gasteiger partial charge in [0.15, 0.2) is 0 Å². The SMILES string of the molecule is c1ccc(CCc2ccccc2OC[C@@H]2CNCCO2)cc1. The third-order valence-electron chi connectivity index (χ3n) is 3.93. The van der Waals surface area contributed by atoms with Crippen molar-refractivity contribution < 1.29 is 9.47 Å². The van der Waals surface area contributed by atoms with E-state index in [-0.39, 0.29) is 6.10 Å². The lowest BCUT2D eigenvalue weighted by molar-refractivity contribution is 0.0000137. The minimum atomic E-state index is 0.149. The van der Waals surface area contributed by atoms with Crippen molar-refractivity contribution >= 4 is 0 Å². The van der Waals surface area contributed by atoms with E-state index in [9.17, 15) is 0 Å². The highest BCUT2D eigenvalue weighted by Gasteiger charge is 2.14. The number of morpholine rings is 1. The Hall–Kier alpha value is -1.84. The highest BCUT2D eigenvalue weighted by atomic mass is 16.5. The second kappa shape index (κ2) is 7.97. The lowest BCUT2D eigenvalue weighted by atomic mass is 10.0. The molecule has 1 fully saturated rings. The molecule has 0 unspecified atom stereocenters. The topological polar surface area (TPSA) is 30.5 Å². The molecule has 0 bridgehead atoms. The van der Waals surface area contributed by atoms with Crippen LogP contribution in [0.2, 0.25) is 0 Å². The van der Waals surface area contributed by atoms with Crippen molar-refractivity contribution in [2.24, 2.45) is 0 Å². The summed E-state index contributed by atoms with van der Waals surface area (Å²) in [5, 5.41) is 3.33. The summed E-state index contributed by atoms with van der Waals surface area (Å²) in [7, 11) is 0. The number of ether oxygens (including phenoxy) is 2. The number of aryl methyl sites for hydroxylation is 2. The van der Waals surface area contributed by atoms with Gasteiger partial charge in [-0.3, -0.25) is 0 Å². The zero-order chi connectivity index (χ0) is 15.0. The summed E-state index contributed by atoms with van der Waals surface area (Å²) in [6.07, 6.45) is 2.17. The Labute approximate surface area is 132 Å². The fraction of sp³-hybridized carbons (Fsp3) is 0.368. The van der Waals surface area contributed by atoms with E-state index in [4.69, 9.17) is 9.47 Å². The van der Waals surface area contributed by atoms with Gasteiger partial charge >= 0.3 is 0 Å². The number of hydrogen-bond acceptors (Lipinski definition) is 3. The van der Waals surface area contributed by atoms with E-state index < -0.39 is 0 Å². The number of hydrogen-bond donors (Lipinski definition) is 1. The average molecular weight is 297 g/mol. The van der Waals surface area contributed by atoms with Crippen LogP contribution in [0.5, 0.6) is 5.75 Å². The molecule has 3 nitrogen and oxygen atoms in total. The monoisotopic (exact) mass is 297 g/mol. The maximum atomic E-state index is 6.00. The Morgan fingerprint density at radius 1 is 1.00 bits per heavy atom. The summed E-state index contributed by atoms with van der Waals surface area (Å²) in [5.41, 5.74) is 2.62. The van der Waals surface area contributed by atoms with Crippen LogP contribution in [0.4, 0.5) is 0 Å². The van der Waals surface area contributed by atoms with E-state index in [1.807, 2.05) is 6.07 Å². The van der Waals surface area contributed by atoms with E-state index in [1.54, 1.807) is 0 Å². The minimum Gasteiger partial charge on any atom is -0.491 e. The molecule has 3 heteroatoms. The molecule has 1 heterocycles. The number of benzene rings is 2. The van der Waals surface area contributed by atoms with Crippen LogP contribution in [0.3, 0.4) is 0 Å². The highest BCUT2D eigenvalue weighted by Crippen LogP contribution is 2.20. The quantitative estimate of drug-likeness (QED) is 0.889. The van der Waals surface area contributed by atoms with Gasteiger partial charge in [0.05, 0.1) is 6.61 Å².